The van der Waals surface area contributed by atoms with Crippen LogP contribution in [0, 0.1) is 12.7 Å². The fourth-order valence-corrected chi connectivity index (χ4v) is 2.50. The van der Waals surface area contributed by atoms with Gasteiger partial charge in [-0.15, -0.1) is 0 Å². The van der Waals surface area contributed by atoms with Crippen molar-refractivity contribution in [3.05, 3.63) is 89.1 Å². The molecule has 1 amide bonds. The number of benzene rings is 2. The van der Waals surface area contributed by atoms with Crippen LogP contribution < -0.4 is 10.6 Å². The lowest BCUT2D eigenvalue weighted by atomic mass is 10.1. The fourth-order valence-electron chi connectivity index (χ4n) is 2.50. The van der Waals surface area contributed by atoms with E-state index in [2.05, 4.69) is 20.6 Å². The fraction of sp³-hybridized carbons (Fsp3) is 0.150. The third-order valence-electron chi connectivity index (χ3n) is 3.85. The number of hydrogen-bond acceptors (Lipinski definition) is 4. The monoisotopic (exact) mass is 350 g/mol. The highest BCUT2D eigenvalue weighted by Crippen LogP contribution is 2.10. The summed E-state index contributed by atoms with van der Waals surface area (Å²) >= 11 is 0. The molecule has 3 rings (SSSR count). The maximum absolute atomic E-state index is 13.7. The van der Waals surface area contributed by atoms with Gasteiger partial charge in [0.1, 0.15) is 23.7 Å². The Labute approximate surface area is 151 Å². The lowest BCUT2D eigenvalue weighted by Gasteiger charge is -2.09. The van der Waals surface area contributed by atoms with Crippen molar-refractivity contribution in [2.75, 3.05) is 5.32 Å². The van der Waals surface area contributed by atoms with E-state index in [-0.39, 0.29) is 24.0 Å². The molecule has 1 aromatic heterocycles. The molecule has 2 aromatic carbocycles. The SMILES string of the molecule is Cc1cccc(CNC(=O)c2cc(NCc3ccccc3F)ncn2)c1. The summed E-state index contributed by atoms with van der Waals surface area (Å²) in [7, 11) is 0. The summed E-state index contributed by atoms with van der Waals surface area (Å²) in [6, 6.07) is 16.0. The van der Waals surface area contributed by atoms with Crippen molar-refractivity contribution in [3.8, 4) is 0 Å². The van der Waals surface area contributed by atoms with Crippen molar-refractivity contribution in [1.29, 1.82) is 0 Å². The molecule has 5 nitrogen and oxygen atoms in total. The number of rotatable bonds is 6. The second kappa shape index (κ2) is 8.20. The summed E-state index contributed by atoms with van der Waals surface area (Å²) in [6.45, 7) is 2.69. The summed E-state index contributed by atoms with van der Waals surface area (Å²) in [6.07, 6.45) is 1.31. The minimum atomic E-state index is -0.289. The third-order valence-corrected chi connectivity index (χ3v) is 3.85. The van der Waals surface area contributed by atoms with Crippen LogP contribution >= 0.6 is 0 Å². The maximum Gasteiger partial charge on any atom is 0.270 e. The van der Waals surface area contributed by atoms with Gasteiger partial charge in [-0.2, -0.15) is 0 Å². The van der Waals surface area contributed by atoms with Gasteiger partial charge in [0, 0.05) is 24.7 Å². The Balaban J connectivity index is 1.61. The molecule has 0 atom stereocenters. The van der Waals surface area contributed by atoms with Crippen molar-refractivity contribution >= 4 is 11.7 Å². The number of aromatic nitrogens is 2. The summed E-state index contributed by atoms with van der Waals surface area (Å²) in [5, 5.41) is 5.84. The second-order valence-electron chi connectivity index (χ2n) is 5.91. The second-order valence-corrected chi connectivity index (χ2v) is 5.91. The number of aryl methyl sites for hydroxylation is 1. The summed E-state index contributed by atoms with van der Waals surface area (Å²) < 4.78 is 13.7. The van der Waals surface area contributed by atoms with Crippen molar-refractivity contribution in [2.45, 2.75) is 20.0 Å². The van der Waals surface area contributed by atoms with Crippen molar-refractivity contribution in [1.82, 2.24) is 15.3 Å². The third kappa shape index (κ3) is 4.63. The number of anilines is 1. The van der Waals surface area contributed by atoms with Crippen LogP contribution in [-0.4, -0.2) is 15.9 Å². The van der Waals surface area contributed by atoms with E-state index >= 15 is 0 Å². The number of carbonyl (C=O) groups excluding carboxylic acids is 1. The van der Waals surface area contributed by atoms with Crippen LogP contribution in [0.15, 0.2) is 60.9 Å². The van der Waals surface area contributed by atoms with Crippen LogP contribution in [0.25, 0.3) is 0 Å². The molecule has 0 aliphatic carbocycles. The van der Waals surface area contributed by atoms with Crippen LogP contribution in [0.3, 0.4) is 0 Å². The Bertz CT molecular complexity index is 914. The summed E-state index contributed by atoms with van der Waals surface area (Å²) in [5.41, 5.74) is 2.93. The van der Waals surface area contributed by atoms with Gasteiger partial charge >= 0.3 is 0 Å². The van der Waals surface area contributed by atoms with E-state index in [4.69, 9.17) is 0 Å². The average Bonchev–Trinajstić information content (AvgIpc) is 2.66. The molecule has 3 aromatic rings. The van der Waals surface area contributed by atoms with Gasteiger partial charge in [0.05, 0.1) is 0 Å². The maximum atomic E-state index is 13.7. The highest BCUT2D eigenvalue weighted by Gasteiger charge is 2.09. The zero-order valence-electron chi connectivity index (χ0n) is 14.4. The normalized spacial score (nSPS) is 10.4. The number of hydrogen-bond donors (Lipinski definition) is 2. The Kier molecular flexibility index (Phi) is 5.53. The van der Waals surface area contributed by atoms with Crippen LogP contribution in [0.2, 0.25) is 0 Å². The quantitative estimate of drug-likeness (QED) is 0.714. The van der Waals surface area contributed by atoms with E-state index in [0.29, 0.717) is 17.9 Å². The molecule has 0 saturated heterocycles. The molecule has 0 fully saturated rings. The predicted molar refractivity (Wildman–Crippen MR) is 98.1 cm³/mol. The van der Waals surface area contributed by atoms with Crippen LogP contribution in [-0.2, 0) is 13.1 Å². The number of amides is 1. The molecular weight excluding hydrogens is 331 g/mol. The highest BCUT2D eigenvalue weighted by atomic mass is 19.1. The molecule has 0 unspecified atom stereocenters. The summed E-state index contributed by atoms with van der Waals surface area (Å²) in [4.78, 5) is 20.4. The van der Waals surface area contributed by atoms with Gasteiger partial charge < -0.3 is 10.6 Å². The molecule has 1 heterocycles. The van der Waals surface area contributed by atoms with E-state index in [1.807, 2.05) is 31.2 Å². The molecule has 0 radical (unpaired) electrons. The van der Waals surface area contributed by atoms with Crippen molar-refractivity contribution < 1.29 is 9.18 Å². The number of halogens is 1. The minimum Gasteiger partial charge on any atom is -0.366 e. The Morgan fingerprint density at radius 2 is 1.88 bits per heavy atom. The van der Waals surface area contributed by atoms with E-state index in [1.54, 1.807) is 24.3 Å². The minimum absolute atomic E-state index is 0.253. The van der Waals surface area contributed by atoms with Gasteiger partial charge in [-0.05, 0) is 18.6 Å². The first-order valence-electron chi connectivity index (χ1n) is 8.25. The van der Waals surface area contributed by atoms with Crippen LogP contribution in [0.1, 0.15) is 27.2 Å². The lowest BCUT2D eigenvalue weighted by Crippen LogP contribution is -2.24. The smallest absolute Gasteiger partial charge is 0.270 e. The van der Waals surface area contributed by atoms with Gasteiger partial charge in [0.15, 0.2) is 0 Å². The molecule has 0 aliphatic heterocycles. The highest BCUT2D eigenvalue weighted by molar-refractivity contribution is 5.92. The van der Waals surface area contributed by atoms with Gasteiger partial charge in [0.25, 0.3) is 5.91 Å². The first kappa shape index (κ1) is 17.5. The number of nitrogens with zero attached hydrogens (tertiary/aromatic N) is 2. The first-order valence-corrected chi connectivity index (χ1v) is 8.25. The number of carbonyl (C=O) groups is 1. The van der Waals surface area contributed by atoms with E-state index in [9.17, 15) is 9.18 Å². The standard InChI is InChI=1S/C20H19FN4O/c1-14-5-4-6-15(9-14)11-23-20(26)18-10-19(25-13-24-18)22-12-16-7-2-3-8-17(16)21/h2-10,13H,11-12H2,1H3,(H,23,26)(H,22,24,25). The molecule has 0 spiro atoms. The van der Waals surface area contributed by atoms with Gasteiger partial charge in [0.2, 0.25) is 0 Å². The van der Waals surface area contributed by atoms with Gasteiger partial charge in [-0.25, -0.2) is 14.4 Å². The Hall–Kier alpha value is -3.28. The largest absolute Gasteiger partial charge is 0.366 e. The first-order chi connectivity index (χ1) is 12.6. The van der Waals surface area contributed by atoms with Crippen LogP contribution in [0.5, 0.6) is 0 Å². The van der Waals surface area contributed by atoms with E-state index in [1.165, 1.54) is 12.4 Å². The topological polar surface area (TPSA) is 66.9 Å². The molecule has 0 saturated carbocycles. The zero-order chi connectivity index (χ0) is 18.4. The van der Waals surface area contributed by atoms with Crippen LogP contribution in [0.4, 0.5) is 10.2 Å². The van der Waals surface area contributed by atoms with Gasteiger partial charge in [-0.3, -0.25) is 4.79 Å². The molecule has 0 aliphatic rings. The predicted octanol–water partition coefficient (Wildman–Crippen LogP) is 3.47. The molecule has 2 N–H and O–H groups in total. The Morgan fingerprint density at radius 3 is 2.69 bits per heavy atom. The molecule has 0 bridgehead atoms. The lowest BCUT2D eigenvalue weighted by molar-refractivity contribution is 0.0946. The zero-order valence-corrected chi connectivity index (χ0v) is 14.4. The van der Waals surface area contributed by atoms with E-state index in [0.717, 1.165) is 11.1 Å². The van der Waals surface area contributed by atoms with Crippen molar-refractivity contribution in [2.24, 2.45) is 0 Å². The molecule has 26 heavy (non-hydrogen) atoms. The van der Waals surface area contributed by atoms with Gasteiger partial charge in [-0.1, -0.05) is 48.0 Å². The number of nitrogens with one attached hydrogen (secondary N) is 2. The molecule has 6 heteroatoms. The molecular formula is C20H19FN4O. The van der Waals surface area contributed by atoms with E-state index < -0.39 is 0 Å². The average molecular weight is 350 g/mol. The van der Waals surface area contributed by atoms with Crippen molar-refractivity contribution in [3.63, 3.8) is 0 Å². The summed E-state index contributed by atoms with van der Waals surface area (Å²) in [5.74, 6) is -0.114. The molecule has 132 valence electrons. The Morgan fingerprint density at radius 1 is 1.04 bits per heavy atom.